The number of rotatable bonds is 5. The highest BCUT2D eigenvalue weighted by molar-refractivity contribution is 7.89. The Kier molecular flexibility index (Phi) is 5.50. The topological polar surface area (TPSA) is 62.3 Å². The molecule has 1 N–H and O–H groups in total. The minimum absolute atomic E-state index is 0.0943. The number of piperidine rings is 1. The second kappa shape index (κ2) is 7.61. The molecule has 128 valence electrons. The zero-order valence-electron chi connectivity index (χ0n) is 13.2. The van der Waals surface area contributed by atoms with Crippen LogP contribution in [-0.2, 0) is 16.6 Å². The minimum Gasteiger partial charge on any atom is -0.298 e. The molecule has 0 spiro atoms. The third-order valence-electron chi connectivity index (χ3n) is 4.09. The summed E-state index contributed by atoms with van der Waals surface area (Å²) in [4.78, 5) is 6.27. The van der Waals surface area contributed by atoms with E-state index in [2.05, 4.69) is 26.7 Å². The molecule has 3 rings (SSSR count). The van der Waals surface area contributed by atoms with Crippen molar-refractivity contribution in [3.8, 4) is 0 Å². The van der Waals surface area contributed by atoms with Gasteiger partial charge in [0.1, 0.15) is 10.0 Å². The quantitative estimate of drug-likeness (QED) is 0.827. The van der Waals surface area contributed by atoms with Gasteiger partial charge in [-0.1, -0.05) is 41.9 Å². The van der Waals surface area contributed by atoms with Crippen molar-refractivity contribution >= 4 is 21.6 Å². The summed E-state index contributed by atoms with van der Waals surface area (Å²) < 4.78 is 27.7. The predicted octanol–water partition coefficient (Wildman–Crippen LogP) is 2.68. The molecular weight excluding hydrogens is 346 g/mol. The summed E-state index contributed by atoms with van der Waals surface area (Å²) in [6, 6.07) is 13.1. The maximum Gasteiger partial charge on any atom is 0.242 e. The number of sulfonamides is 1. The van der Waals surface area contributed by atoms with Gasteiger partial charge in [0.2, 0.25) is 10.0 Å². The van der Waals surface area contributed by atoms with Crippen molar-refractivity contribution in [2.24, 2.45) is 0 Å². The van der Waals surface area contributed by atoms with Gasteiger partial charge in [0.15, 0.2) is 0 Å². The zero-order chi connectivity index (χ0) is 17.0. The van der Waals surface area contributed by atoms with Gasteiger partial charge < -0.3 is 0 Å². The van der Waals surface area contributed by atoms with Crippen LogP contribution >= 0.6 is 11.6 Å². The Morgan fingerprint density at radius 1 is 1.21 bits per heavy atom. The molecule has 0 amide bonds. The number of aromatic nitrogens is 1. The average Bonchev–Trinajstić information content (AvgIpc) is 2.56. The molecule has 5 nitrogen and oxygen atoms in total. The third-order valence-corrected chi connectivity index (χ3v) is 5.82. The molecule has 2 heterocycles. The molecule has 0 aliphatic carbocycles. The molecule has 0 bridgehead atoms. The van der Waals surface area contributed by atoms with Crippen LogP contribution in [0.3, 0.4) is 0 Å². The van der Waals surface area contributed by atoms with Crippen molar-refractivity contribution in [2.75, 3.05) is 13.1 Å². The van der Waals surface area contributed by atoms with Gasteiger partial charge in [-0.25, -0.2) is 18.1 Å². The SMILES string of the molecule is O=S(=O)(NC1CCCN(Cc2ccccc2)C1)c1ccc(Cl)nc1. The molecule has 0 saturated carbocycles. The number of pyridine rings is 1. The van der Waals surface area contributed by atoms with Crippen LogP contribution in [0.4, 0.5) is 0 Å². The summed E-state index contributed by atoms with van der Waals surface area (Å²) in [7, 11) is -3.57. The zero-order valence-corrected chi connectivity index (χ0v) is 14.8. The molecule has 1 aromatic carbocycles. The molecular formula is C17H20ClN3O2S. The number of nitrogens with one attached hydrogen (secondary N) is 1. The second-order valence-corrected chi connectivity index (χ2v) is 8.10. The third kappa shape index (κ3) is 4.54. The maximum atomic E-state index is 12.5. The van der Waals surface area contributed by atoms with Gasteiger partial charge in [0, 0.05) is 25.3 Å². The summed E-state index contributed by atoms with van der Waals surface area (Å²) in [5.41, 5.74) is 1.24. The van der Waals surface area contributed by atoms with E-state index in [1.54, 1.807) is 0 Å². The van der Waals surface area contributed by atoms with Gasteiger partial charge in [-0.3, -0.25) is 4.90 Å². The first-order valence-electron chi connectivity index (χ1n) is 7.93. The van der Waals surface area contributed by atoms with E-state index >= 15 is 0 Å². The first kappa shape index (κ1) is 17.4. The number of hydrogen-bond acceptors (Lipinski definition) is 4. The molecule has 2 aromatic rings. The molecule has 24 heavy (non-hydrogen) atoms. The van der Waals surface area contributed by atoms with E-state index in [4.69, 9.17) is 11.6 Å². The number of halogens is 1. The Hall–Kier alpha value is -1.47. The largest absolute Gasteiger partial charge is 0.298 e. The van der Waals surface area contributed by atoms with Crippen LogP contribution in [0.2, 0.25) is 5.15 Å². The number of hydrogen-bond donors (Lipinski definition) is 1. The van der Waals surface area contributed by atoms with Gasteiger partial charge in [0.05, 0.1) is 0 Å². The van der Waals surface area contributed by atoms with Crippen molar-refractivity contribution in [1.82, 2.24) is 14.6 Å². The average molecular weight is 366 g/mol. The summed E-state index contributed by atoms with van der Waals surface area (Å²) in [6.45, 7) is 2.52. The lowest BCUT2D eigenvalue weighted by atomic mass is 10.1. The molecule has 1 saturated heterocycles. The molecule has 1 fully saturated rings. The minimum atomic E-state index is -3.57. The molecule has 0 radical (unpaired) electrons. The fourth-order valence-electron chi connectivity index (χ4n) is 2.95. The Bertz CT molecular complexity index is 766. The Balaban J connectivity index is 1.63. The highest BCUT2D eigenvalue weighted by atomic mass is 35.5. The van der Waals surface area contributed by atoms with Crippen LogP contribution in [0, 0.1) is 0 Å². The van der Waals surface area contributed by atoms with E-state index < -0.39 is 10.0 Å². The molecule has 1 unspecified atom stereocenters. The van der Waals surface area contributed by atoms with Crippen LogP contribution in [0.15, 0.2) is 53.6 Å². The summed E-state index contributed by atoms with van der Waals surface area (Å²) in [5.74, 6) is 0. The Labute approximate surface area is 147 Å². The van der Waals surface area contributed by atoms with Crippen LogP contribution in [0.25, 0.3) is 0 Å². The number of nitrogens with zero attached hydrogens (tertiary/aromatic N) is 2. The van der Waals surface area contributed by atoms with E-state index in [9.17, 15) is 8.42 Å². The van der Waals surface area contributed by atoms with Crippen molar-refractivity contribution in [2.45, 2.75) is 30.3 Å². The van der Waals surface area contributed by atoms with Crippen molar-refractivity contribution in [1.29, 1.82) is 0 Å². The van der Waals surface area contributed by atoms with Crippen molar-refractivity contribution in [3.05, 3.63) is 59.4 Å². The molecule has 1 aromatic heterocycles. The fourth-order valence-corrected chi connectivity index (χ4v) is 4.26. The standard InChI is InChI=1S/C17H20ClN3O2S/c18-17-9-8-16(11-19-17)24(22,23)20-15-7-4-10-21(13-15)12-14-5-2-1-3-6-14/h1-3,5-6,8-9,11,15,20H,4,7,10,12-13H2. The second-order valence-electron chi connectivity index (χ2n) is 6.00. The normalized spacial score (nSPS) is 19.3. The van der Waals surface area contributed by atoms with Crippen molar-refractivity contribution < 1.29 is 8.42 Å². The van der Waals surface area contributed by atoms with E-state index in [-0.39, 0.29) is 16.1 Å². The van der Waals surface area contributed by atoms with Gasteiger partial charge in [-0.05, 0) is 37.1 Å². The lowest BCUT2D eigenvalue weighted by molar-refractivity contribution is 0.194. The maximum absolute atomic E-state index is 12.5. The van der Waals surface area contributed by atoms with Gasteiger partial charge in [-0.15, -0.1) is 0 Å². The lowest BCUT2D eigenvalue weighted by Gasteiger charge is -2.33. The predicted molar refractivity (Wildman–Crippen MR) is 94.3 cm³/mol. The van der Waals surface area contributed by atoms with E-state index in [1.165, 1.54) is 23.9 Å². The molecule has 1 aliphatic heterocycles. The lowest BCUT2D eigenvalue weighted by Crippen LogP contribution is -2.47. The Morgan fingerprint density at radius 3 is 2.71 bits per heavy atom. The van der Waals surface area contributed by atoms with E-state index in [0.717, 1.165) is 25.9 Å². The smallest absolute Gasteiger partial charge is 0.242 e. The van der Waals surface area contributed by atoms with Gasteiger partial charge in [0.25, 0.3) is 0 Å². The van der Waals surface area contributed by atoms with Crippen LogP contribution in [-0.4, -0.2) is 37.4 Å². The number of benzene rings is 1. The fraction of sp³-hybridized carbons (Fsp3) is 0.353. The number of likely N-dealkylation sites (tertiary alicyclic amines) is 1. The first-order chi connectivity index (χ1) is 11.5. The van der Waals surface area contributed by atoms with Crippen LogP contribution in [0.1, 0.15) is 18.4 Å². The Morgan fingerprint density at radius 2 is 2.00 bits per heavy atom. The molecule has 1 aliphatic rings. The summed E-state index contributed by atoms with van der Waals surface area (Å²) in [5, 5.41) is 0.278. The summed E-state index contributed by atoms with van der Waals surface area (Å²) in [6.07, 6.45) is 3.10. The summed E-state index contributed by atoms with van der Waals surface area (Å²) >= 11 is 5.72. The monoisotopic (exact) mass is 365 g/mol. The van der Waals surface area contributed by atoms with Crippen LogP contribution in [0.5, 0.6) is 0 Å². The highest BCUT2D eigenvalue weighted by Crippen LogP contribution is 2.17. The van der Waals surface area contributed by atoms with Crippen LogP contribution < -0.4 is 4.72 Å². The highest BCUT2D eigenvalue weighted by Gasteiger charge is 2.25. The first-order valence-corrected chi connectivity index (χ1v) is 9.79. The van der Waals surface area contributed by atoms with E-state index in [1.807, 2.05) is 18.2 Å². The van der Waals surface area contributed by atoms with Gasteiger partial charge in [-0.2, -0.15) is 0 Å². The van der Waals surface area contributed by atoms with Crippen molar-refractivity contribution in [3.63, 3.8) is 0 Å². The molecule has 1 atom stereocenters. The molecule has 7 heteroatoms. The van der Waals surface area contributed by atoms with Gasteiger partial charge >= 0.3 is 0 Å². The van der Waals surface area contributed by atoms with E-state index in [0.29, 0.717) is 6.54 Å².